The van der Waals surface area contributed by atoms with Gasteiger partial charge < -0.3 is 10.4 Å². The number of aliphatic hydroxyl groups excluding tert-OH is 1. The predicted octanol–water partition coefficient (Wildman–Crippen LogP) is 0.115. The average Bonchev–Trinajstić information content (AvgIpc) is 2.79. The fourth-order valence-corrected chi connectivity index (χ4v) is 1.23. The zero-order valence-electron chi connectivity index (χ0n) is 8.21. The third-order valence-corrected chi connectivity index (χ3v) is 1.90. The molecule has 0 fully saturated rings. The summed E-state index contributed by atoms with van der Waals surface area (Å²) < 4.78 is 1.61. The number of rotatable bonds is 4. The lowest BCUT2D eigenvalue weighted by Crippen LogP contribution is -2.11. The number of imidazole rings is 1. The molecule has 0 unspecified atom stereocenters. The quantitative estimate of drug-likeness (QED) is 0.789. The number of nitrogens with one attached hydrogen (secondary N) is 1. The van der Waals surface area contributed by atoms with E-state index in [1.807, 2.05) is 0 Å². The van der Waals surface area contributed by atoms with Crippen LogP contribution in [0.3, 0.4) is 0 Å². The van der Waals surface area contributed by atoms with Gasteiger partial charge in [-0.1, -0.05) is 0 Å². The molecule has 16 heavy (non-hydrogen) atoms. The fourth-order valence-electron chi connectivity index (χ4n) is 1.08. The summed E-state index contributed by atoms with van der Waals surface area (Å²) in [5.41, 5.74) is 0. The van der Waals surface area contributed by atoms with Crippen LogP contribution in [0.5, 0.6) is 0 Å². The van der Waals surface area contributed by atoms with E-state index < -0.39 is 0 Å². The van der Waals surface area contributed by atoms with Gasteiger partial charge in [0.2, 0.25) is 17.2 Å². The third kappa shape index (κ3) is 2.44. The van der Waals surface area contributed by atoms with Crippen LogP contribution in [0, 0.1) is 0 Å². The Labute approximate surface area is 96.2 Å². The maximum Gasteiger partial charge on any atom is 0.241 e. The average molecular weight is 241 g/mol. The molecule has 84 valence electrons. The lowest BCUT2D eigenvalue weighted by atomic mass is 10.7. The molecule has 0 atom stereocenters. The van der Waals surface area contributed by atoms with Gasteiger partial charge in [0.05, 0.1) is 6.61 Å². The van der Waals surface area contributed by atoms with Gasteiger partial charge in [-0.25, -0.2) is 4.98 Å². The topological polar surface area (TPSA) is 88.8 Å². The van der Waals surface area contributed by atoms with Crippen molar-refractivity contribution in [3.63, 3.8) is 0 Å². The first-order chi connectivity index (χ1) is 7.79. The van der Waals surface area contributed by atoms with Gasteiger partial charge in [0, 0.05) is 18.9 Å². The monoisotopic (exact) mass is 240 g/mol. The van der Waals surface area contributed by atoms with Crippen molar-refractivity contribution in [1.29, 1.82) is 0 Å². The highest BCUT2D eigenvalue weighted by molar-refractivity contribution is 6.28. The second-order valence-corrected chi connectivity index (χ2v) is 3.19. The summed E-state index contributed by atoms with van der Waals surface area (Å²) in [4.78, 5) is 15.8. The molecule has 0 radical (unpaired) electrons. The molecule has 0 aromatic carbocycles. The summed E-state index contributed by atoms with van der Waals surface area (Å²) >= 11 is 5.75. The Morgan fingerprint density at radius 2 is 2.25 bits per heavy atom. The molecule has 0 aliphatic carbocycles. The molecule has 2 N–H and O–H groups in total. The first-order valence-corrected chi connectivity index (χ1v) is 4.92. The van der Waals surface area contributed by atoms with E-state index in [9.17, 15) is 0 Å². The number of hydrogen-bond acceptors (Lipinski definition) is 6. The second-order valence-electron chi connectivity index (χ2n) is 2.85. The van der Waals surface area contributed by atoms with Crippen LogP contribution in [0.15, 0.2) is 18.7 Å². The third-order valence-electron chi connectivity index (χ3n) is 1.73. The molecule has 0 amide bonds. The van der Waals surface area contributed by atoms with Gasteiger partial charge in [-0.2, -0.15) is 15.0 Å². The standard InChI is InChI=1S/C8H9ClN6O/c9-6-12-7(11-2-4-16)14-8(13-6)15-3-1-10-5-15/h1,3,5,16H,2,4H2,(H,11,12,13,14). The maximum atomic E-state index is 8.67. The van der Waals surface area contributed by atoms with E-state index in [1.165, 1.54) is 0 Å². The number of hydrogen-bond donors (Lipinski definition) is 2. The number of aromatic nitrogens is 5. The van der Waals surface area contributed by atoms with Gasteiger partial charge in [0.1, 0.15) is 6.33 Å². The molecule has 2 aromatic heterocycles. The minimum Gasteiger partial charge on any atom is -0.395 e. The molecule has 2 aromatic rings. The summed E-state index contributed by atoms with van der Waals surface area (Å²) in [6.07, 6.45) is 4.86. The molecule has 0 spiro atoms. The van der Waals surface area contributed by atoms with E-state index in [4.69, 9.17) is 16.7 Å². The second kappa shape index (κ2) is 4.86. The van der Waals surface area contributed by atoms with Gasteiger partial charge >= 0.3 is 0 Å². The Kier molecular flexibility index (Phi) is 3.28. The highest BCUT2D eigenvalue weighted by atomic mass is 35.5. The summed E-state index contributed by atoms with van der Waals surface area (Å²) in [6, 6.07) is 0. The molecule has 0 aliphatic rings. The van der Waals surface area contributed by atoms with Crippen molar-refractivity contribution < 1.29 is 5.11 Å². The highest BCUT2D eigenvalue weighted by Crippen LogP contribution is 2.08. The van der Waals surface area contributed by atoms with E-state index >= 15 is 0 Å². The van der Waals surface area contributed by atoms with Crippen molar-refractivity contribution in [2.24, 2.45) is 0 Å². The van der Waals surface area contributed by atoms with Gasteiger partial charge in [0.15, 0.2) is 0 Å². The number of anilines is 1. The molecule has 0 saturated carbocycles. The lowest BCUT2D eigenvalue weighted by molar-refractivity contribution is 0.310. The van der Waals surface area contributed by atoms with Crippen molar-refractivity contribution in [3.05, 3.63) is 24.0 Å². The Morgan fingerprint density at radius 1 is 1.38 bits per heavy atom. The van der Waals surface area contributed by atoms with Crippen LogP contribution in [0.2, 0.25) is 5.28 Å². The van der Waals surface area contributed by atoms with Crippen LogP contribution >= 0.6 is 11.6 Å². The molecular formula is C8H9ClN6O. The van der Waals surface area contributed by atoms with Crippen LogP contribution in [-0.2, 0) is 0 Å². The van der Waals surface area contributed by atoms with Crippen LogP contribution < -0.4 is 5.32 Å². The Morgan fingerprint density at radius 3 is 2.94 bits per heavy atom. The number of halogens is 1. The zero-order chi connectivity index (χ0) is 11.4. The Balaban J connectivity index is 2.29. The van der Waals surface area contributed by atoms with Crippen molar-refractivity contribution in [2.45, 2.75) is 0 Å². The van der Waals surface area contributed by atoms with Crippen molar-refractivity contribution in [2.75, 3.05) is 18.5 Å². The largest absolute Gasteiger partial charge is 0.395 e. The fraction of sp³-hybridized carbons (Fsp3) is 0.250. The normalized spacial score (nSPS) is 10.4. The zero-order valence-corrected chi connectivity index (χ0v) is 8.96. The van der Waals surface area contributed by atoms with Crippen LogP contribution in [0.4, 0.5) is 5.95 Å². The molecule has 2 heterocycles. The molecule has 0 aliphatic heterocycles. The van der Waals surface area contributed by atoms with E-state index in [2.05, 4.69) is 25.3 Å². The van der Waals surface area contributed by atoms with Crippen molar-refractivity contribution >= 4 is 17.5 Å². The van der Waals surface area contributed by atoms with Crippen molar-refractivity contribution in [1.82, 2.24) is 24.5 Å². The van der Waals surface area contributed by atoms with Gasteiger partial charge in [-0.3, -0.25) is 4.57 Å². The van der Waals surface area contributed by atoms with Crippen molar-refractivity contribution in [3.8, 4) is 5.95 Å². The first-order valence-electron chi connectivity index (χ1n) is 4.54. The number of aliphatic hydroxyl groups is 1. The summed E-state index contributed by atoms with van der Waals surface area (Å²) in [5, 5.41) is 11.6. The predicted molar refractivity (Wildman–Crippen MR) is 57.5 cm³/mol. The summed E-state index contributed by atoms with van der Waals surface area (Å²) in [7, 11) is 0. The lowest BCUT2D eigenvalue weighted by Gasteiger charge is -2.05. The SMILES string of the molecule is OCCNc1nc(Cl)nc(-n2ccnc2)n1. The van der Waals surface area contributed by atoms with E-state index in [1.54, 1.807) is 23.3 Å². The molecule has 0 bridgehead atoms. The summed E-state index contributed by atoms with van der Waals surface area (Å²) in [5.74, 6) is 0.690. The molecule has 0 saturated heterocycles. The molecule has 2 rings (SSSR count). The van der Waals surface area contributed by atoms with Crippen LogP contribution in [-0.4, -0.2) is 42.8 Å². The smallest absolute Gasteiger partial charge is 0.241 e. The minimum absolute atomic E-state index is 0.0102. The Bertz CT molecular complexity index is 460. The molecular weight excluding hydrogens is 232 g/mol. The van der Waals surface area contributed by atoms with Gasteiger partial charge in [0.25, 0.3) is 0 Å². The highest BCUT2D eigenvalue weighted by Gasteiger charge is 2.05. The molecule has 8 heteroatoms. The minimum atomic E-state index is -0.0102. The maximum absolute atomic E-state index is 8.67. The Hall–Kier alpha value is -1.73. The van der Waals surface area contributed by atoms with E-state index in [-0.39, 0.29) is 11.9 Å². The summed E-state index contributed by atoms with van der Waals surface area (Å²) in [6.45, 7) is 0.341. The van der Waals surface area contributed by atoms with E-state index in [0.717, 1.165) is 0 Å². The van der Waals surface area contributed by atoms with Gasteiger partial charge in [-0.15, -0.1) is 0 Å². The number of nitrogens with zero attached hydrogens (tertiary/aromatic N) is 5. The van der Waals surface area contributed by atoms with Crippen LogP contribution in [0.1, 0.15) is 0 Å². The first kappa shape index (κ1) is 10.8. The van der Waals surface area contributed by atoms with Crippen LogP contribution in [0.25, 0.3) is 5.95 Å². The molecule has 7 nitrogen and oxygen atoms in total. The van der Waals surface area contributed by atoms with E-state index in [0.29, 0.717) is 18.4 Å². The van der Waals surface area contributed by atoms with Gasteiger partial charge in [-0.05, 0) is 11.6 Å².